The largest absolute Gasteiger partial charge is 0.394 e. The van der Waals surface area contributed by atoms with Gasteiger partial charge < -0.3 is 65.1 Å². The van der Waals surface area contributed by atoms with Gasteiger partial charge in [0.25, 0.3) is 0 Å². The van der Waals surface area contributed by atoms with E-state index in [1.54, 1.807) is 0 Å². The number of aliphatic hydroxyl groups excluding tert-OH is 8. The van der Waals surface area contributed by atoms with Crippen LogP contribution in [0.15, 0.2) is 60.8 Å². The van der Waals surface area contributed by atoms with Gasteiger partial charge in [-0.05, 0) is 57.8 Å². The SMILES string of the molecule is CC/C=C\C/C=C\C/C=C\C/C=C\C/C=C\CCCCCCCCCCCCCC(=O)NC(COC1OC(CO)C(OC2OC(CO)C(O)C(O)C2O)C(O)C1O)C(O)CCCCCCCCCCCCCCCCCCCCCCCCCCC. The number of allylic oxidation sites excluding steroid dienone is 10. The molecular weight excluding hydrogens is 1090 g/mol. The van der Waals surface area contributed by atoms with Crippen LogP contribution in [0.5, 0.6) is 0 Å². The summed E-state index contributed by atoms with van der Waals surface area (Å²) in [6, 6.07) is -0.835. The molecule has 1 amide bonds. The number of hydrogen-bond acceptors (Lipinski definition) is 13. The summed E-state index contributed by atoms with van der Waals surface area (Å²) in [6.45, 7) is 2.78. The van der Waals surface area contributed by atoms with Crippen molar-refractivity contribution in [1.82, 2.24) is 5.32 Å². The summed E-state index contributed by atoms with van der Waals surface area (Å²) < 4.78 is 22.9. The summed E-state index contributed by atoms with van der Waals surface area (Å²) in [5.74, 6) is -0.208. The quantitative estimate of drug-likeness (QED) is 0.0204. The summed E-state index contributed by atoms with van der Waals surface area (Å²) >= 11 is 0. The highest BCUT2D eigenvalue weighted by atomic mass is 16.7. The van der Waals surface area contributed by atoms with E-state index in [1.165, 1.54) is 180 Å². The smallest absolute Gasteiger partial charge is 0.220 e. The molecule has 2 heterocycles. The molecule has 2 aliphatic rings. The van der Waals surface area contributed by atoms with Crippen LogP contribution in [-0.4, -0.2) is 140 Å². The number of amides is 1. The third-order valence-corrected chi connectivity index (χ3v) is 17.2. The van der Waals surface area contributed by atoms with Crippen molar-refractivity contribution in [1.29, 1.82) is 0 Å². The van der Waals surface area contributed by atoms with Crippen LogP contribution in [0, 0.1) is 0 Å². The zero-order chi connectivity index (χ0) is 62.3. The molecule has 0 aromatic rings. The molecule has 2 fully saturated rings. The Kier molecular flexibility index (Phi) is 52.6. The van der Waals surface area contributed by atoms with Gasteiger partial charge in [0.1, 0.15) is 48.8 Å². The van der Waals surface area contributed by atoms with Gasteiger partial charge in [-0.1, -0.05) is 293 Å². The van der Waals surface area contributed by atoms with Gasteiger partial charge in [-0.3, -0.25) is 4.79 Å². The third kappa shape index (κ3) is 40.4. The standard InChI is InChI=1S/C72H131NO13/c1-3-5-7-9-11-13-15-17-19-21-23-25-27-29-30-32-34-36-38-40-42-44-46-48-50-52-54-56-64(77)73-60(59-83-71-69(82)67(80)70(63(58-75)85-71)86-72-68(81)66(79)65(78)62(57-74)84-72)61(76)55-53-51-49-47-45-43-41-39-37-35-33-31-28-26-24-22-20-18-16-14-12-10-8-6-4-2/h5,7,11,13,17,19,23,25,29-30,60-63,65-72,74-76,78-82H,3-4,6,8-10,12,14-16,18,20-22,24,26-28,31-59H2,1-2H3,(H,73,77)/b7-5-,13-11-,19-17-,25-23-,30-29-. The predicted molar refractivity (Wildman–Crippen MR) is 350 cm³/mol. The van der Waals surface area contributed by atoms with Crippen molar-refractivity contribution in [3.05, 3.63) is 60.8 Å². The number of nitrogens with one attached hydrogen (secondary N) is 1. The summed E-state index contributed by atoms with van der Waals surface area (Å²) in [7, 11) is 0. The molecule has 0 aromatic heterocycles. The van der Waals surface area contributed by atoms with Crippen LogP contribution in [0.2, 0.25) is 0 Å². The Morgan fingerprint density at radius 3 is 1.23 bits per heavy atom. The van der Waals surface area contributed by atoms with E-state index in [4.69, 9.17) is 18.9 Å². The first kappa shape index (κ1) is 79.8. The van der Waals surface area contributed by atoms with Crippen molar-refractivity contribution in [2.24, 2.45) is 0 Å². The molecule has 2 aliphatic heterocycles. The van der Waals surface area contributed by atoms with Crippen LogP contribution < -0.4 is 5.32 Å². The zero-order valence-electron chi connectivity index (χ0n) is 54.6. The van der Waals surface area contributed by atoms with Gasteiger partial charge in [0.2, 0.25) is 5.91 Å². The van der Waals surface area contributed by atoms with Crippen molar-refractivity contribution in [2.45, 2.75) is 370 Å². The molecule has 0 radical (unpaired) electrons. The second-order valence-corrected chi connectivity index (χ2v) is 25.0. The molecule has 12 unspecified atom stereocenters. The number of aliphatic hydroxyl groups is 8. The fourth-order valence-corrected chi connectivity index (χ4v) is 11.6. The van der Waals surface area contributed by atoms with Crippen LogP contribution in [0.3, 0.4) is 0 Å². The highest BCUT2D eigenvalue weighted by Gasteiger charge is 2.51. The molecule has 9 N–H and O–H groups in total. The van der Waals surface area contributed by atoms with Crippen molar-refractivity contribution in [3.63, 3.8) is 0 Å². The third-order valence-electron chi connectivity index (χ3n) is 17.2. The van der Waals surface area contributed by atoms with E-state index in [1.807, 2.05) is 0 Å². The second-order valence-electron chi connectivity index (χ2n) is 25.0. The minimum atomic E-state index is -1.79. The Morgan fingerprint density at radius 1 is 0.430 bits per heavy atom. The van der Waals surface area contributed by atoms with Crippen molar-refractivity contribution in [3.8, 4) is 0 Å². The number of ether oxygens (including phenoxy) is 4. The van der Waals surface area contributed by atoms with E-state index < -0.39 is 86.8 Å². The van der Waals surface area contributed by atoms with Crippen molar-refractivity contribution < 1.29 is 64.6 Å². The normalized spacial score (nSPS) is 23.7. The molecule has 2 saturated heterocycles. The molecule has 86 heavy (non-hydrogen) atoms. The Balaban J connectivity index is 1.67. The number of unbranched alkanes of at least 4 members (excludes halogenated alkanes) is 35. The number of carbonyl (C=O) groups is 1. The summed E-state index contributed by atoms with van der Waals surface area (Å²) in [5.41, 5.74) is 0. The van der Waals surface area contributed by atoms with Gasteiger partial charge in [-0.25, -0.2) is 0 Å². The molecule has 0 aliphatic carbocycles. The first-order valence-electron chi connectivity index (χ1n) is 35.5. The zero-order valence-corrected chi connectivity index (χ0v) is 54.6. The van der Waals surface area contributed by atoms with Crippen LogP contribution in [0.4, 0.5) is 0 Å². The average molecular weight is 1220 g/mol. The Hall–Kier alpha value is -2.31. The lowest BCUT2D eigenvalue weighted by Crippen LogP contribution is -2.65. The monoisotopic (exact) mass is 1220 g/mol. The molecule has 2 rings (SSSR count). The lowest BCUT2D eigenvalue weighted by Gasteiger charge is -2.46. The van der Waals surface area contributed by atoms with E-state index in [2.05, 4.69) is 79.9 Å². The summed E-state index contributed by atoms with van der Waals surface area (Å²) in [6.07, 6.45) is 58.0. The van der Waals surface area contributed by atoms with Gasteiger partial charge in [0.05, 0.1) is 32.0 Å². The lowest BCUT2D eigenvalue weighted by molar-refractivity contribution is -0.359. The minimum Gasteiger partial charge on any atom is -0.394 e. The molecule has 12 atom stereocenters. The van der Waals surface area contributed by atoms with E-state index >= 15 is 0 Å². The molecule has 0 spiro atoms. The average Bonchev–Trinajstić information content (AvgIpc) is 2.53. The van der Waals surface area contributed by atoms with Gasteiger partial charge in [0.15, 0.2) is 12.6 Å². The van der Waals surface area contributed by atoms with Crippen LogP contribution in [0.1, 0.15) is 296 Å². The first-order valence-corrected chi connectivity index (χ1v) is 35.5. The minimum absolute atomic E-state index is 0.208. The second kappa shape index (κ2) is 56.7. The number of carbonyl (C=O) groups excluding carboxylic acids is 1. The molecule has 0 aromatic carbocycles. The summed E-state index contributed by atoms with van der Waals surface area (Å²) in [4.78, 5) is 13.4. The molecule has 0 bridgehead atoms. The maximum absolute atomic E-state index is 13.4. The van der Waals surface area contributed by atoms with E-state index in [-0.39, 0.29) is 12.5 Å². The first-order chi connectivity index (χ1) is 42.1. The lowest BCUT2D eigenvalue weighted by atomic mass is 9.97. The fourth-order valence-electron chi connectivity index (χ4n) is 11.6. The van der Waals surface area contributed by atoms with Gasteiger partial charge in [0, 0.05) is 6.42 Å². The van der Waals surface area contributed by atoms with Crippen LogP contribution in [-0.2, 0) is 23.7 Å². The van der Waals surface area contributed by atoms with E-state index in [0.29, 0.717) is 12.8 Å². The highest BCUT2D eigenvalue weighted by molar-refractivity contribution is 5.76. The van der Waals surface area contributed by atoms with Crippen molar-refractivity contribution in [2.75, 3.05) is 19.8 Å². The maximum Gasteiger partial charge on any atom is 0.220 e. The van der Waals surface area contributed by atoms with E-state index in [0.717, 1.165) is 89.9 Å². The highest BCUT2D eigenvalue weighted by Crippen LogP contribution is 2.30. The molecule has 502 valence electrons. The van der Waals surface area contributed by atoms with E-state index in [9.17, 15) is 45.6 Å². The van der Waals surface area contributed by atoms with Crippen LogP contribution in [0.25, 0.3) is 0 Å². The van der Waals surface area contributed by atoms with Crippen LogP contribution >= 0.6 is 0 Å². The number of hydrogen-bond donors (Lipinski definition) is 9. The predicted octanol–water partition coefficient (Wildman–Crippen LogP) is 14.5. The maximum atomic E-state index is 13.4. The molecular formula is C72H131NO13. The Labute approximate surface area is 524 Å². The molecule has 0 saturated carbocycles. The topological polar surface area (TPSA) is 228 Å². The van der Waals surface area contributed by atoms with Crippen molar-refractivity contribution >= 4 is 5.91 Å². The molecule has 14 nitrogen and oxygen atoms in total. The number of rotatable bonds is 58. The Bertz CT molecular complexity index is 1670. The van der Waals surface area contributed by atoms with Gasteiger partial charge >= 0.3 is 0 Å². The van der Waals surface area contributed by atoms with Gasteiger partial charge in [-0.2, -0.15) is 0 Å². The fraction of sp³-hybridized carbons (Fsp3) is 0.847. The molecule has 14 heteroatoms. The van der Waals surface area contributed by atoms with Gasteiger partial charge in [-0.15, -0.1) is 0 Å². The Morgan fingerprint density at radius 2 is 0.802 bits per heavy atom. The summed E-state index contributed by atoms with van der Waals surface area (Å²) in [5, 5.41) is 87.7.